The predicted octanol–water partition coefficient (Wildman–Crippen LogP) is 4.60. The van der Waals surface area contributed by atoms with Gasteiger partial charge in [-0.25, -0.2) is 9.78 Å². The quantitative estimate of drug-likeness (QED) is 0.609. The van der Waals surface area contributed by atoms with E-state index in [0.717, 1.165) is 18.4 Å². The number of aryl methyl sites for hydroxylation is 2. The lowest BCUT2D eigenvalue weighted by Crippen LogP contribution is -2.29. The third kappa shape index (κ3) is 6.24. The molecule has 33 heavy (non-hydrogen) atoms. The minimum Gasteiger partial charge on any atom is -0.489 e. The number of amides is 1. The molecule has 0 spiro atoms. The van der Waals surface area contributed by atoms with E-state index in [-0.39, 0.29) is 24.5 Å². The first-order chi connectivity index (χ1) is 15.7. The molecule has 2 heterocycles. The van der Waals surface area contributed by atoms with E-state index in [1.54, 1.807) is 13.1 Å². The Kier molecular flexibility index (Phi) is 7.94. The summed E-state index contributed by atoms with van der Waals surface area (Å²) in [5.41, 5.74) is 2.70. The molecule has 1 amide bonds. The van der Waals surface area contributed by atoms with Crippen LogP contribution in [0.1, 0.15) is 56.5 Å². The van der Waals surface area contributed by atoms with Gasteiger partial charge in [0.15, 0.2) is 5.76 Å². The van der Waals surface area contributed by atoms with E-state index in [1.807, 2.05) is 33.8 Å². The highest BCUT2D eigenvalue weighted by Gasteiger charge is 2.29. The van der Waals surface area contributed by atoms with E-state index in [9.17, 15) is 14.7 Å². The molecule has 0 unspecified atom stereocenters. The van der Waals surface area contributed by atoms with Crippen LogP contribution in [0.5, 0.6) is 5.75 Å². The number of carboxylic acid groups (broad SMARTS) is 1. The fourth-order valence-electron chi connectivity index (χ4n) is 3.88. The van der Waals surface area contributed by atoms with E-state index in [1.165, 1.54) is 4.90 Å². The maximum absolute atomic E-state index is 12.3. The van der Waals surface area contributed by atoms with Crippen molar-refractivity contribution in [3.05, 3.63) is 29.1 Å². The van der Waals surface area contributed by atoms with Gasteiger partial charge in [0, 0.05) is 12.6 Å². The molecule has 9 heteroatoms. The van der Waals surface area contributed by atoms with Crippen molar-refractivity contribution in [3.8, 4) is 17.2 Å². The van der Waals surface area contributed by atoms with Gasteiger partial charge < -0.3 is 24.0 Å². The molecule has 3 rings (SSSR count). The average molecular weight is 460 g/mol. The van der Waals surface area contributed by atoms with Crippen LogP contribution in [-0.4, -0.2) is 52.0 Å². The summed E-state index contributed by atoms with van der Waals surface area (Å²) in [5, 5.41) is 13.4. The zero-order valence-electron chi connectivity index (χ0n) is 20.0. The van der Waals surface area contributed by atoms with Gasteiger partial charge in [-0.15, -0.1) is 0 Å². The van der Waals surface area contributed by atoms with Gasteiger partial charge in [0.2, 0.25) is 0 Å². The molecular formula is C24H33N3O6. The lowest BCUT2D eigenvalue weighted by molar-refractivity contribution is -0.143. The molecule has 0 saturated heterocycles. The number of carboxylic acids is 1. The molecule has 0 radical (unpaired) electrons. The first-order valence-electron chi connectivity index (χ1n) is 11.4. The number of aromatic nitrogens is 2. The van der Waals surface area contributed by atoms with Crippen LogP contribution in [0.3, 0.4) is 0 Å². The average Bonchev–Trinajstić information content (AvgIpc) is 3.13. The molecule has 180 valence electrons. The van der Waals surface area contributed by atoms with Gasteiger partial charge in [0.1, 0.15) is 11.4 Å². The maximum Gasteiger partial charge on any atom is 0.409 e. The third-order valence-electron chi connectivity index (χ3n) is 5.77. The molecule has 0 aromatic carbocycles. The zero-order chi connectivity index (χ0) is 24.1. The Bertz CT molecular complexity index is 987. The van der Waals surface area contributed by atoms with E-state index in [2.05, 4.69) is 10.1 Å². The minimum atomic E-state index is -0.764. The van der Waals surface area contributed by atoms with Gasteiger partial charge in [-0.05, 0) is 57.6 Å². The third-order valence-corrected chi connectivity index (χ3v) is 5.77. The number of aliphatic carboxylic acids is 1. The second-order valence-corrected chi connectivity index (χ2v) is 9.12. The first kappa shape index (κ1) is 24.5. The molecule has 1 aliphatic rings. The summed E-state index contributed by atoms with van der Waals surface area (Å²) >= 11 is 0. The number of hydrogen-bond acceptors (Lipinski definition) is 7. The number of hydrogen-bond donors (Lipinski definition) is 1. The van der Waals surface area contributed by atoms with Gasteiger partial charge in [0.05, 0.1) is 36.6 Å². The number of pyridine rings is 1. The second kappa shape index (κ2) is 10.7. The Balaban J connectivity index is 1.72. The summed E-state index contributed by atoms with van der Waals surface area (Å²) in [6, 6.07) is 3.62. The summed E-state index contributed by atoms with van der Waals surface area (Å²) in [5.74, 6) is 0.253. The smallest absolute Gasteiger partial charge is 0.409 e. The molecule has 9 nitrogen and oxygen atoms in total. The Labute approximate surface area is 194 Å². The Morgan fingerprint density at radius 3 is 2.67 bits per heavy atom. The fourth-order valence-corrected chi connectivity index (χ4v) is 3.88. The minimum absolute atomic E-state index is 0.139. The lowest BCUT2D eigenvalue weighted by Gasteiger charge is -2.27. The van der Waals surface area contributed by atoms with Crippen molar-refractivity contribution in [2.75, 3.05) is 13.7 Å². The lowest BCUT2D eigenvalue weighted by atomic mass is 9.87. The van der Waals surface area contributed by atoms with Crippen LogP contribution >= 0.6 is 0 Å². The summed E-state index contributed by atoms with van der Waals surface area (Å²) in [4.78, 5) is 29.7. The second-order valence-electron chi connectivity index (χ2n) is 9.12. The highest BCUT2D eigenvalue weighted by molar-refractivity contribution is 5.70. The zero-order valence-corrected chi connectivity index (χ0v) is 20.0. The molecule has 2 atom stereocenters. The van der Waals surface area contributed by atoms with Gasteiger partial charge >= 0.3 is 12.1 Å². The number of ether oxygens (including phenoxy) is 2. The van der Waals surface area contributed by atoms with Crippen LogP contribution < -0.4 is 4.74 Å². The van der Waals surface area contributed by atoms with Gasteiger partial charge in [-0.1, -0.05) is 19.0 Å². The first-order valence-corrected chi connectivity index (χ1v) is 11.4. The van der Waals surface area contributed by atoms with Gasteiger partial charge in [0.25, 0.3) is 0 Å². The topological polar surface area (TPSA) is 115 Å². The van der Waals surface area contributed by atoms with Crippen molar-refractivity contribution in [2.24, 2.45) is 11.8 Å². The van der Waals surface area contributed by atoms with Crippen LogP contribution in [0.2, 0.25) is 0 Å². The summed E-state index contributed by atoms with van der Waals surface area (Å²) < 4.78 is 16.9. The number of rotatable bonds is 8. The van der Waals surface area contributed by atoms with Crippen molar-refractivity contribution >= 4 is 12.1 Å². The Morgan fingerprint density at radius 1 is 1.24 bits per heavy atom. The van der Waals surface area contributed by atoms with Crippen molar-refractivity contribution in [1.82, 2.24) is 15.0 Å². The molecule has 1 fully saturated rings. The molecule has 2 aromatic rings. The molecular weight excluding hydrogens is 426 g/mol. The van der Waals surface area contributed by atoms with Crippen LogP contribution in [0, 0.1) is 25.7 Å². The molecule has 0 aliphatic heterocycles. The molecule has 1 aliphatic carbocycles. The standard InChI is InChI=1S/C24H33N3O6/c1-14(2)13-31-24(30)27(5)12-19-15(3)26-33-22(19)20-9-10-21(16(4)25-20)32-18-8-6-7-17(11-18)23(28)29/h9-10,14,17-18H,6-8,11-13H2,1-5H3,(H,28,29)/t17-,18-/m0/s1. The Hall–Kier alpha value is -3.10. The van der Waals surface area contributed by atoms with Crippen LogP contribution in [0.15, 0.2) is 16.7 Å². The monoisotopic (exact) mass is 459 g/mol. The molecule has 1 N–H and O–H groups in total. The maximum atomic E-state index is 12.3. The predicted molar refractivity (Wildman–Crippen MR) is 121 cm³/mol. The van der Waals surface area contributed by atoms with Crippen molar-refractivity contribution in [2.45, 2.75) is 66.0 Å². The summed E-state index contributed by atoms with van der Waals surface area (Å²) in [6.07, 6.45) is 2.31. The highest BCUT2D eigenvalue weighted by Crippen LogP contribution is 2.32. The van der Waals surface area contributed by atoms with E-state index < -0.39 is 12.1 Å². The molecule has 0 bridgehead atoms. The highest BCUT2D eigenvalue weighted by atomic mass is 16.6. The van der Waals surface area contributed by atoms with Crippen molar-refractivity contribution < 1.29 is 28.7 Å². The van der Waals surface area contributed by atoms with E-state index in [0.29, 0.717) is 48.0 Å². The van der Waals surface area contributed by atoms with Gasteiger partial charge in [-0.3, -0.25) is 4.79 Å². The van der Waals surface area contributed by atoms with Crippen molar-refractivity contribution in [3.63, 3.8) is 0 Å². The number of carbonyl (C=O) groups is 2. The van der Waals surface area contributed by atoms with Gasteiger partial charge in [-0.2, -0.15) is 0 Å². The molecule has 1 saturated carbocycles. The van der Waals surface area contributed by atoms with Crippen molar-refractivity contribution in [1.29, 1.82) is 0 Å². The largest absolute Gasteiger partial charge is 0.489 e. The Morgan fingerprint density at radius 2 is 2.00 bits per heavy atom. The normalized spacial score (nSPS) is 18.2. The van der Waals surface area contributed by atoms with Crippen LogP contribution in [0.4, 0.5) is 4.79 Å². The number of carbonyl (C=O) groups excluding carboxylic acids is 1. The summed E-state index contributed by atoms with van der Waals surface area (Å²) in [6.45, 7) is 8.26. The van der Waals surface area contributed by atoms with Crippen LogP contribution in [-0.2, 0) is 16.1 Å². The number of nitrogens with zero attached hydrogens (tertiary/aromatic N) is 3. The SMILES string of the molecule is Cc1nc(-c2onc(C)c2CN(C)C(=O)OCC(C)C)ccc1O[C@H]1CCC[C@H](C(=O)O)C1. The van der Waals surface area contributed by atoms with Crippen LogP contribution in [0.25, 0.3) is 11.5 Å². The van der Waals surface area contributed by atoms with E-state index in [4.69, 9.17) is 14.0 Å². The fraction of sp³-hybridized carbons (Fsp3) is 0.583. The summed E-state index contributed by atoms with van der Waals surface area (Å²) in [7, 11) is 1.67. The molecule has 2 aromatic heterocycles. The van der Waals surface area contributed by atoms with E-state index >= 15 is 0 Å².